The van der Waals surface area contributed by atoms with Gasteiger partial charge >= 0.3 is 0 Å². The smallest absolute Gasteiger partial charge is 0.295 e. The zero-order valence-corrected chi connectivity index (χ0v) is 26.8. The number of azide groups is 1. The fourth-order valence-corrected chi connectivity index (χ4v) is 7.20. The molecule has 234 valence electrons. The minimum Gasteiger partial charge on any atom is -0.456 e. The lowest BCUT2D eigenvalue weighted by Gasteiger charge is -2.22. The van der Waals surface area contributed by atoms with Crippen molar-refractivity contribution in [3.63, 3.8) is 0 Å². The van der Waals surface area contributed by atoms with Crippen LogP contribution in [0.15, 0.2) is 73.9 Å². The first kappa shape index (κ1) is 33.0. The van der Waals surface area contributed by atoms with Crippen LogP contribution in [0, 0.1) is 0 Å². The van der Waals surface area contributed by atoms with E-state index in [1.165, 1.54) is 12.1 Å². The first-order chi connectivity index (χ1) is 21.0. The molecule has 4 rings (SSSR count). The molecule has 0 aromatic heterocycles. The molecule has 0 amide bonds. The fourth-order valence-electron chi connectivity index (χ4n) is 5.30. The largest absolute Gasteiger partial charge is 0.456 e. The quantitative estimate of drug-likeness (QED) is 0.0390. The zero-order valence-electron chi connectivity index (χ0n) is 25.2. The predicted octanol–water partition coefficient (Wildman–Crippen LogP) is 5.09. The average molecular weight is 642 g/mol. The van der Waals surface area contributed by atoms with Gasteiger partial charge in [0.25, 0.3) is 10.1 Å². The molecule has 0 bridgehead atoms. The van der Waals surface area contributed by atoms with Crippen molar-refractivity contribution in [3.05, 3.63) is 70.4 Å². The highest BCUT2D eigenvalue weighted by Gasteiger charge is 2.27. The topological polar surface area (TPSA) is 169 Å². The normalized spacial score (nSPS) is 11.9. The summed E-state index contributed by atoms with van der Waals surface area (Å²) in [5.41, 5.74) is 11.1. The molecule has 44 heavy (non-hydrogen) atoms. The van der Waals surface area contributed by atoms with Gasteiger partial charge in [-0.25, -0.2) is 17.7 Å². The summed E-state index contributed by atoms with van der Waals surface area (Å²) in [6.07, 6.45) is 0.253. The van der Waals surface area contributed by atoms with Crippen molar-refractivity contribution in [1.29, 1.82) is 0 Å². The zero-order chi connectivity index (χ0) is 32.1. The highest BCUT2D eigenvalue weighted by atomic mass is 32.2. The Labute approximate surface area is 257 Å². The Balaban J connectivity index is 2.02. The SMILES string of the molecule is CCN(CC)c1ccc2c(-c3ccc(S(=O)(=O)NCCCN=[N+]=[N-])cc3S(=O)(=O)O)c3ccc(=[N+](CC)CC)cc-3oc2c1. The highest BCUT2D eigenvalue weighted by molar-refractivity contribution is 7.89. The Hall–Kier alpha value is -3.94. The van der Waals surface area contributed by atoms with Crippen molar-refractivity contribution < 1.29 is 25.8 Å². The van der Waals surface area contributed by atoms with Crippen LogP contribution in [0.25, 0.3) is 43.9 Å². The molecule has 14 heteroatoms. The van der Waals surface area contributed by atoms with E-state index >= 15 is 0 Å². The molecule has 12 nitrogen and oxygen atoms in total. The third kappa shape index (κ3) is 6.90. The third-order valence-electron chi connectivity index (χ3n) is 7.55. The van der Waals surface area contributed by atoms with Crippen LogP contribution in [0.1, 0.15) is 34.1 Å². The van der Waals surface area contributed by atoms with Crippen LogP contribution in [-0.2, 0) is 20.1 Å². The van der Waals surface area contributed by atoms with Crippen molar-refractivity contribution in [2.75, 3.05) is 44.2 Å². The van der Waals surface area contributed by atoms with Gasteiger partial charge in [0.15, 0.2) is 0 Å². The van der Waals surface area contributed by atoms with Crippen LogP contribution in [0.3, 0.4) is 0 Å². The van der Waals surface area contributed by atoms with Crippen molar-refractivity contribution in [2.45, 2.75) is 43.9 Å². The van der Waals surface area contributed by atoms with Gasteiger partial charge in [-0.1, -0.05) is 11.2 Å². The van der Waals surface area contributed by atoms with E-state index in [1.54, 1.807) is 0 Å². The number of sulfonamides is 1. The van der Waals surface area contributed by atoms with Crippen LogP contribution in [0.4, 0.5) is 5.69 Å². The summed E-state index contributed by atoms with van der Waals surface area (Å²) >= 11 is 0. The Bertz CT molecular complexity index is 1970. The van der Waals surface area contributed by atoms with Gasteiger partial charge in [-0.2, -0.15) is 8.42 Å². The van der Waals surface area contributed by atoms with Crippen molar-refractivity contribution in [3.8, 4) is 22.5 Å². The van der Waals surface area contributed by atoms with Crippen LogP contribution in [-0.4, -0.2) is 60.7 Å². The number of fused-ring (bicyclic) bond motifs is 2. The van der Waals surface area contributed by atoms with Crippen LogP contribution in [0.2, 0.25) is 0 Å². The van der Waals surface area contributed by atoms with E-state index in [2.05, 4.69) is 51.9 Å². The number of nitrogens with zero attached hydrogens (tertiary/aromatic N) is 5. The van der Waals surface area contributed by atoms with E-state index in [9.17, 15) is 21.4 Å². The number of nitrogens with one attached hydrogen (secondary N) is 1. The lowest BCUT2D eigenvalue weighted by molar-refractivity contribution is 0.483. The Morgan fingerprint density at radius 3 is 2.30 bits per heavy atom. The summed E-state index contributed by atoms with van der Waals surface area (Å²) in [5, 5.41) is 4.90. The first-order valence-electron chi connectivity index (χ1n) is 14.4. The van der Waals surface area contributed by atoms with Crippen LogP contribution in [0.5, 0.6) is 0 Å². The molecule has 2 aliphatic rings. The minimum atomic E-state index is -4.89. The number of anilines is 1. The van der Waals surface area contributed by atoms with Gasteiger partial charge in [-0.3, -0.25) is 4.55 Å². The molecule has 0 saturated heterocycles. The molecule has 1 aliphatic carbocycles. The standard InChI is InChI=1S/C30H36N6O6S2/c1-5-35(6-2)21-10-13-24-27(18-21)42-28-19-22(36(7-3)8-4)11-14-25(28)30(24)26-15-12-23(20-29(26)44(39,40)41)43(37,38)33-17-9-16-32-34-31/h10-15,18-20,33H,5-9,16-17H2,1-4H3/p+1. The number of rotatable bonds is 13. The first-order valence-corrected chi connectivity index (χ1v) is 17.4. The van der Waals surface area contributed by atoms with E-state index in [0.717, 1.165) is 43.3 Å². The average Bonchev–Trinajstić information content (AvgIpc) is 3.00. The molecule has 0 saturated carbocycles. The predicted molar refractivity (Wildman–Crippen MR) is 172 cm³/mol. The molecule has 1 heterocycles. The van der Waals surface area contributed by atoms with Gasteiger partial charge in [0.2, 0.25) is 15.4 Å². The molecular weight excluding hydrogens is 605 g/mol. The Kier molecular flexibility index (Phi) is 10.3. The molecule has 1 aliphatic heterocycles. The molecule has 0 fully saturated rings. The number of hydrogen-bond acceptors (Lipinski definition) is 7. The molecule has 2 N–H and O–H groups in total. The van der Waals surface area contributed by atoms with Gasteiger partial charge in [0.1, 0.15) is 29.3 Å². The fraction of sp³-hybridized carbons (Fsp3) is 0.367. The maximum Gasteiger partial charge on any atom is 0.295 e. The molecule has 0 atom stereocenters. The highest BCUT2D eigenvalue weighted by Crippen LogP contribution is 2.43. The lowest BCUT2D eigenvalue weighted by atomic mass is 9.93. The molecule has 0 radical (unpaired) electrons. The lowest BCUT2D eigenvalue weighted by Crippen LogP contribution is -2.29. The van der Waals surface area contributed by atoms with E-state index in [0.29, 0.717) is 27.9 Å². The van der Waals surface area contributed by atoms with Gasteiger partial charge in [0, 0.05) is 71.0 Å². The van der Waals surface area contributed by atoms with E-state index in [1.807, 2.05) is 36.4 Å². The molecule has 0 unspecified atom stereocenters. The van der Waals surface area contributed by atoms with Crippen LogP contribution >= 0.6 is 0 Å². The Morgan fingerprint density at radius 2 is 1.66 bits per heavy atom. The second-order valence-corrected chi connectivity index (χ2v) is 13.2. The minimum absolute atomic E-state index is 0.0243. The maximum absolute atomic E-state index is 13.0. The second-order valence-electron chi connectivity index (χ2n) is 10.0. The van der Waals surface area contributed by atoms with Crippen molar-refractivity contribution in [2.24, 2.45) is 5.11 Å². The molecular formula is C30H37N6O6S2+. The number of benzene rings is 3. The Morgan fingerprint density at radius 1 is 0.955 bits per heavy atom. The number of hydrogen-bond donors (Lipinski definition) is 2. The second kappa shape index (κ2) is 13.8. The van der Waals surface area contributed by atoms with Crippen molar-refractivity contribution >= 4 is 36.8 Å². The maximum atomic E-state index is 13.0. The molecule has 2 aromatic carbocycles. The van der Waals surface area contributed by atoms with E-state index in [-0.39, 0.29) is 30.0 Å². The van der Waals surface area contributed by atoms with E-state index in [4.69, 9.17) is 9.95 Å². The summed E-state index contributed by atoms with van der Waals surface area (Å²) in [7, 11) is -9.03. The summed E-state index contributed by atoms with van der Waals surface area (Å²) in [5.74, 6) is 0.508. The van der Waals surface area contributed by atoms with Crippen molar-refractivity contribution in [1.82, 2.24) is 9.30 Å². The van der Waals surface area contributed by atoms with Gasteiger partial charge < -0.3 is 9.32 Å². The summed E-state index contributed by atoms with van der Waals surface area (Å²) in [6.45, 7) is 11.4. The van der Waals surface area contributed by atoms with E-state index < -0.39 is 25.0 Å². The van der Waals surface area contributed by atoms with Crippen LogP contribution < -0.4 is 19.6 Å². The summed E-state index contributed by atoms with van der Waals surface area (Å²) in [4.78, 5) is 3.91. The molecule has 0 spiro atoms. The molecule has 2 aromatic rings. The van der Waals surface area contributed by atoms with Gasteiger partial charge in [-0.05, 0) is 70.0 Å². The monoisotopic (exact) mass is 641 g/mol. The summed E-state index contributed by atoms with van der Waals surface area (Å²) < 4.78 is 73.0. The summed E-state index contributed by atoms with van der Waals surface area (Å²) in [6, 6.07) is 15.0. The van der Waals surface area contributed by atoms with Gasteiger partial charge in [-0.15, -0.1) is 0 Å². The van der Waals surface area contributed by atoms with Gasteiger partial charge in [0.05, 0.1) is 11.0 Å². The third-order valence-corrected chi connectivity index (χ3v) is 9.90.